The number of hydrogen-bond acceptors (Lipinski definition) is 4. The highest BCUT2D eigenvalue weighted by Crippen LogP contribution is 2.37. The normalized spacial score (nSPS) is 13.0. The number of benzene rings is 1. The number of furan rings is 1. The number of carbonyl (C=O) groups is 1. The average molecular weight is 380 g/mol. The molecule has 0 bridgehead atoms. The number of aromatic nitrogens is 1. The first kappa shape index (κ1) is 18.3. The largest absolute Gasteiger partial charge is 0.459 e. The van der Waals surface area contributed by atoms with Crippen molar-refractivity contribution in [3.63, 3.8) is 0 Å². The first-order valence-electron chi connectivity index (χ1n) is 7.76. The summed E-state index contributed by atoms with van der Waals surface area (Å²) >= 11 is -0.410. The van der Waals surface area contributed by atoms with E-state index >= 15 is 0 Å². The van der Waals surface area contributed by atoms with Crippen molar-refractivity contribution in [2.24, 2.45) is 0 Å². The molecule has 3 rings (SSSR count). The molecule has 1 unspecified atom stereocenters. The minimum absolute atomic E-state index is 0.129. The molecule has 0 aliphatic heterocycles. The number of nitrogens with zero attached hydrogens (tertiary/aromatic N) is 1. The monoisotopic (exact) mass is 380 g/mol. The van der Waals surface area contributed by atoms with Gasteiger partial charge in [0.15, 0.2) is 0 Å². The third-order valence-electron chi connectivity index (χ3n) is 3.85. The van der Waals surface area contributed by atoms with Crippen LogP contribution in [0.2, 0.25) is 0 Å². The van der Waals surface area contributed by atoms with Gasteiger partial charge in [0.25, 0.3) is 5.91 Å². The maximum absolute atomic E-state index is 12.7. The lowest BCUT2D eigenvalue weighted by atomic mass is 10.1. The number of fused-ring (bicyclic) bond motifs is 1. The van der Waals surface area contributed by atoms with Crippen LogP contribution < -0.4 is 5.32 Å². The number of aryl methyl sites for hydroxylation is 1. The maximum Gasteiger partial charge on any atom is 0.447 e. The highest BCUT2D eigenvalue weighted by Gasteiger charge is 2.32. The SMILES string of the molecule is Cc1c(C(C)NC(=O)c2cccnc2SC(F)(F)F)oc2ccccc12. The Morgan fingerprint density at radius 2 is 1.96 bits per heavy atom. The van der Waals surface area contributed by atoms with Crippen molar-refractivity contribution in [1.29, 1.82) is 0 Å². The van der Waals surface area contributed by atoms with Gasteiger partial charge in [0.05, 0.1) is 11.6 Å². The number of amides is 1. The van der Waals surface area contributed by atoms with Gasteiger partial charge in [-0.05, 0) is 32.0 Å². The summed E-state index contributed by atoms with van der Waals surface area (Å²) in [7, 11) is 0. The molecule has 0 aliphatic carbocycles. The molecule has 0 radical (unpaired) electrons. The van der Waals surface area contributed by atoms with Crippen molar-refractivity contribution in [3.8, 4) is 0 Å². The molecule has 1 N–H and O–H groups in total. The molecule has 0 saturated heterocycles. The molecule has 0 fully saturated rings. The highest BCUT2D eigenvalue weighted by atomic mass is 32.2. The number of rotatable bonds is 4. The van der Waals surface area contributed by atoms with Crippen molar-refractivity contribution in [1.82, 2.24) is 10.3 Å². The number of hydrogen-bond donors (Lipinski definition) is 1. The lowest BCUT2D eigenvalue weighted by molar-refractivity contribution is -0.0329. The van der Waals surface area contributed by atoms with Gasteiger partial charge in [0, 0.05) is 28.9 Å². The summed E-state index contributed by atoms with van der Waals surface area (Å²) in [5.41, 5.74) is -3.08. The van der Waals surface area contributed by atoms with Crippen LogP contribution in [0.25, 0.3) is 11.0 Å². The Kier molecular flexibility index (Phi) is 4.95. The quantitative estimate of drug-likeness (QED) is 0.629. The number of para-hydroxylation sites is 1. The van der Waals surface area contributed by atoms with Crippen molar-refractivity contribution >= 4 is 28.6 Å². The number of carbonyl (C=O) groups excluding carboxylic acids is 1. The molecule has 2 heterocycles. The van der Waals surface area contributed by atoms with E-state index in [1.165, 1.54) is 18.3 Å². The van der Waals surface area contributed by atoms with Gasteiger partial charge >= 0.3 is 5.51 Å². The van der Waals surface area contributed by atoms with E-state index in [0.717, 1.165) is 10.9 Å². The fourth-order valence-corrected chi connectivity index (χ4v) is 3.30. The predicted octanol–water partition coefficient (Wildman–Crippen LogP) is 5.24. The summed E-state index contributed by atoms with van der Waals surface area (Å²) in [6.45, 7) is 3.59. The minimum Gasteiger partial charge on any atom is -0.459 e. The van der Waals surface area contributed by atoms with E-state index in [2.05, 4.69) is 10.3 Å². The van der Waals surface area contributed by atoms with E-state index in [0.29, 0.717) is 11.3 Å². The van der Waals surface area contributed by atoms with Gasteiger partial charge in [-0.25, -0.2) is 4.98 Å². The molecule has 0 saturated carbocycles. The summed E-state index contributed by atoms with van der Waals surface area (Å²) in [4.78, 5) is 16.2. The van der Waals surface area contributed by atoms with Gasteiger partial charge in [-0.1, -0.05) is 18.2 Å². The summed E-state index contributed by atoms with van der Waals surface area (Å²) in [6.07, 6.45) is 1.22. The summed E-state index contributed by atoms with van der Waals surface area (Å²) in [6, 6.07) is 9.67. The van der Waals surface area contributed by atoms with Crippen LogP contribution in [0.1, 0.15) is 34.6 Å². The van der Waals surface area contributed by atoms with Crippen LogP contribution in [-0.4, -0.2) is 16.4 Å². The zero-order valence-electron chi connectivity index (χ0n) is 13.9. The van der Waals surface area contributed by atoms with Crippen LogP contribution in [0.15, 0.2) is 52.0 Å². The molecule has 1 amide bonds. The molecule has 26 heavy (non-hydrogen) atoms. The Bertz CT molecular complexity index is 953. The number of thioether (sulfide) groups is 1. The molecular formula is C18H15F3N2O2S. The summed E-state index contributed by atoms with van der Waals surface area (Å²) in [5.74, 6) is -0.0781. The van der Waals surface area contributed by atoms with Gasteiger partial charge < -0.3 is 9.73 Å². The van der Waals surface area contributed by atoms with Crippen LogP contribution in [-0.2, 0) is 0 Å². The third kappa shape index (κ3) is 3.85. The average Bonchev–Trinajstić information content (AvgIpc) is 2.91. The van der Waals surface area contributed by atoms with E-state index in [1.54, 1.807) is 6.92 Å². The molecule has 8 heteroatoms. The highest BCUT2D eigenvalue weighted by molar-refractivity contribution is 8.00. The Hall–Kier alpha value is -2.48. The second kappa shape index (κ2) is 7.03. The fraction of sp³-hybridized carbons (Fsp3) is 0.222. The van der Waals surface area contributed by atoms with Crippen LogP contribution in [0.3, 0.4) is 0 Å². The van der Waals surface area contributed by atoms with Gasteiger partial charge in [-0.15, -0.1) is 0 Å². The minimum atomic E-state index is -4.52. The molecule has 0 spiro atoms. The van der Waals surface area contributed by atoms with Crippen LogP contribution in [0, 0.1) is 6.92 Å². The first-order valence-corrected chi connectivity index (χ1v) is 8.57. The lowest BCUT2D eigenvalue weighted by Gasteiger charge is -2.14. The smallest absolute Gasteiger partial charge is 0.447 e. The second-order valence-corrected chi connectivity index (χ2v) is 6.74. The number of nitrogens with one attached hydrogen (secondary N) is 1. The van der Waals surface area contributed by atoms with E-state index in [9.17, 15) is 18.0 Å². The zero-order chi connectivity index (χ0) is 18.9. The molecule has 3 aromatic rings. The van der Waals surface area contributed by atoms with Gasteiger partial charge in [-0.2, -0.15) is 13.2 Å². The van der Waals surface area contributed by atoms with Crippen molar-refractivity contribution < 1.29 is 22.4 Å². The zero-order valence-corrected chi connectivity index (χ0v) is 14.7. The molecule has 136 valence electrons. The van der Waals surface area contributed by atoms with Crippen molar-refractivity contribution in [3.05, 3.63) is 59.5 Å². The molecule has 1 atom stereocenters. The van der Waals surface area contributed by atoms with E-state index in [-0.39, 0.29) is 10.6 Å². The second-order valence-electron chi connectivity index (χ2n) is 5.69. The number of halogens is 3. The summed E-state index contributed by atoms with van der Waals surface area (Å²) < 4.78 is 43.8. The molecule has 0 aliphatic rings. The fourth-order valence-electron chi connectivity index (χ4n) is 2.70. The lowest BCUT2D eigenvalue weighted by Crippen LogP contribution is -2.27. The van der Waals surface area contributed by atoms with Crippen molar-refractivity contribution in [2.45, 2.75) is 30.4 Å². The Morgan fingerprint density at radius 3 is 2.65 bits per heavy atom. The third-order valence-corrected chi connectivity index (χ3v) is 4.60. The topological polar surface area (TPSA) is 55.1 Å². The van der Waals surface area contributed by atoms with Gasteiger partial charge in [0.1, 0.15) is 16.4 Å². The Labute approximate surface area is 151 Å². The van der Waals surface area contributed by atoms with Crippen LogP contribution >= 0.6 is 11.8 Å². The van der Waals surface area contributed by atoms with Crippen molar-refractivity contribution in [2.75, 3.05) is 0 Å². The molecular weight excluding hydrogens is 365 g/mol. The summed E-state index contributed by atoms with van der Waals surface area (Å²) in [5, 5.41) is 3.23. The van der Waals surface area contributed by atoms with Gasteiger partial charge in [-0.3, -0.25) is 4.79 Å². The van der Waals surface area contributed by atoms with Gasteiger partial charge in [0.2, 0.25) is 0 Å². The van der Waals surface area contributed by atoms with E-state index in [4.69, 9.17) is 4.42 Å². The standard InChI is InChI=1S/C18H15F3N2O2S/c1-10-12-6-3-4-8-14(12)25-15(10)11(2)23-16(24)13-7-5-9-22-17(13)26-18(19,20)21/h3-9,11H,1-2H3,(H,23,24). The number of pyridine rings is 1. The molecule has 2 aromatic heterocycles. The molecule has 4 nitrogen and oxygen atoms in total. The van der Waals surface area contributed by atoms with Crippen LogP contribution in [0.5, 0.6) is 0 Å². The van der Waals surface area contributed by atoms with E-state index < -0.39 is 29.2 Å². The molecule has 1 aromatic carbocycles. The number of alkyl halides is 3. The Balaban J connectivity index is 1.85. The maximum atomic E-state index is 12.7. The van der Waals surface area contributed by atoms with Crippen LogP contribution in [0.4, 0.5) is 13.2 Å². The first-order chi connectivity index (χ1) is 12.3. The Morgan fingerprint density at radius 1 is 1.23 bits per heavy atom. The van der Waals surface area contributed by atoms with E-state index in [1.807, 2.05) is 31.2 Å². The predicted molar refractivity (Wildman–Crippen MR) is 93.0 cm³/mol.